The molecule has 3 heteroatoms. The molecule has 0 fully saturated rings. The van der Waals surface area contributed by atoms with E-state index < -0.39 is 0 Å². The molecule has 0 atom stereocenters. The fourth-order valence-electron chi connectivity index (χ4n) is 1.06. The molecule has 0 aliphatic heterocycles. The van der Waals surface area contributed by atoms with Crippen molar-refractivity contribution in [2.45, 2.75) is 0 Å². The van der Waals surface area contributed by atoms with E-state index in [9.17, 15) is 0 Å². The first-order valence-electron chi connectivity index (χ1n) is 4.51. The smallest absolute Gasteiger partial charge is 0.0442 e. The second-order valence-corrected chi connectivity index (χ2v) is 5.46. The van der Waals surface area contributed by atoms with Crippen molar-refractivity contribution in [3.8, 4) is 9.75 Å². The van der Waals surface area contributed by atoms with Crippen LogP contribution in [0.5, 0.6) is 0 Å². The van der Waals surface area contributed by atoms with Crippen molar-refractivity contribution in [2.75, 3.05) is 0 Å². The van der Waals surface area contributed by atoms with Gasteiger partial charge in [-0.2, -0.15) is 11.3 Å². The standard InChI is InChI=1S/C8H6S2.C4H4S/c1-3-7(9-5-1)8-4-2-6-10-8;1-2-4-5-3-1/h1-6H;1-4H. The fraction of sp³-hybridized carbons (Fsp3) is 0. The molecule has 3 aromatic heterocycles. The molecule has 0 aromatic carbocycles. The minimum Gasteiger partial charge on any atom is -0.152 e. The molecule has 0 aliphatic rings. The van der Waals surface area contributed by atoms with Crippen LogP contribution in [0.1, 0.15) is 0 Å². The van der Waals surface area contributed by atoms with E-state index in [1.165, 1.54) is 9.75 Å². The van der Waals surface area contributed by atoms with Crippen LogP contribution in [-0.4, -0.2) is 0 Å². The van der Waals surface area contributed by atoms with Crippen LogP contribution in [-0.2, 0) is 0 Å². The molecule has 3 aromatic rings. The summed E-state index contributed by atoms with van der Waals surface area (Å²) in [5, 5.41) is 8.30. The zero-order valence-corrected chi connectivity index (χ0v) is 10.4. The maximum Gasteiger partial charge on any atom is 0.0442 e. The van der Waals surface area contributed by atoms with Crippen LogP contribution in [0, 0.1) is 0 Å². The average molecular weight is 250 g/mol. The Morgan fingerprint density at radius 1 is 0.600 bits per heavy atom. The van der Waals surface area contributed by atoms with Gasteiger partial charge >= 0.3 is 0 Å². The van der Waals surface area contributed by atoms with E-state index in [1.54, 1.807) is 34.0 Å². The molecular weight excluding hydrogens is 240 g/mol. The fourth-order valence-corrected chi connectivity index (χ4v) is 3.10. The van der Waals surface area contributed by atoms with Crippen molar-refractivity contribution in [3.63, 3.8) is 0 Å². The molecule has 0 saturated carbocycles. The molecule has 3 heterocycles. The van der Waals surface area contributed by atoms with E-state index in [-0.39, 0.29) is 0 Å². The summed E-state index contributed by atoms with van der Waals surface area (Å²) < 4.78 is 0. The number of thiophene rings is 3. The molecular formula is C12H10S3. The van der Waals surface area contributed by atoms with Gasteiger partial charge in [0.05, 0.1) is 0 Å². The molecule has 3 rings (SSSR count). The van der Waals surface area contributed by atoms with Crippen molar-refractivity contribution >= 4 is 34.0 Å². The summed E-state index contributed by atoms with van der Waals surface area (Å²) in [5.41, 5.74) is 0. The Balaban J connectivity index is 0.000000144. The third-order valence-electron chi connectivity index (χ3n) is 1.71. The SMILES string of the molecule is c1ccsc1.c1csc(-c2cccs2)c1. The Morgan fingerprint density at radius 2 is 1.13 bits per heavy atom. The highest BCUT2D eigenvalue weighted by molar-refractivity contribution is 7.20. The molecule has 0 aliphatic carbocycles. The Labute approximate surface area is 101 Å². The highest BCUT2D eigenvalue weighted by atomic mass is 32.1. The highest BCUT2D eigenvalue weighted by Crippen LogP contribution is 2.28. The van der Waals surface area contributed by atoms with Crippen LogP contribution < -0.4 is 0 Å². The number of rotatable bonds is 1. The summed E-state index contributed by atoms with van der Waals surface area (Å²) in [7, 11) is 0. The third-order valence-corrected chi connectivity index (χ3v) is 4.27. The van der Waals surface area contributed by atoms with E-state index in [4.69, 9.17) is 0 Å². The number of hydrogen-bond donors (Lipinski definition) is 0. The van der Waals surface area contributed by atoms with Gasteiger partial charge in [0.2, 0.25) is 0 Å². The van der Waals surface area contributed by atoms with Crippen molar-refractivity contribution in [1.29, 1.82) is 0 Å². The van der Waals surface area contributed by atoms with Gasteiger partial charge in [0.15, 0.2) is 0 Å². The minimum absolute atomic E-state index is 1.37. The second-order valence-electron chi connectivity index (χ2n) is 2.75. The Kier molecular flexibility index (Phi) is 4.14. The normalized spacial score (nSPS) is 9.33. The molecule has 0 bridgehead atoms. The quantitative estimate of drug-likeness (QED) is 0.555. The van der Waals surface area contributed by atoms with Crippen molar-refractivity contribution in [1.82, 2.24) is 0 Å². The largest absolute Gasteiger partial charge is 0.152 e. The van der Waals surface area contributed by atoms with Crippen LogP contribution >= 0.6 is 34.0 Å². The van der Waals surface area contributed by atoms with E-state index in [0.717, 1.165) is 0 Å². The molecule has 0 nitrogen and oxygen atoms in total. The van der Waals surface area contributed by atoms with Crippen LogP contribution in [0.4, 0.5) is 0 Å². The lowest BCUT2D eigenvalue weighted by Gasteiger charge is -1.84. The van der Waals surface area contributed by atoms with Crippen molar-refractivity contribution in [3.05, 3.63) is 57.9 Å². The van der Waals surface area contributed by atoms with Gasteiger partial charge in [-0.05, 0) is 33.7 Å². The van der Waals surface area contributed by atoms with Crippen molar-refractivity contribution < 1.29 is 0 Å². The van der Waals surface area contributed by atoms with Gasteiger partial charge in [-0.1, -0.05) is 24.3 Å². The summed E-state index contributed by atoms with van der Waals surface area (Å²) in [6, 6.07) is 12.5. The topological polar surface area (TPSA) is 0 Å². The van der Waals surface area contributed by atoms with Gasteiger partial charge in [0, 0.05) is 9.75 Å². The third kappa shape index (κ3) is 3.30. The van der Waals surface area contributed by atoms with E-state index in [1.807, 2.05) is 22.9 Å². The maximum atomic E-state index is 2.15. The highest BCUT2D eigenvalue weighted by Gasteiger charge is 1.96. The second kappa shape index (κ2) is 5.85. The summed E-state index contributed by atoms with van der Waals surface area (Å²) >= 11 is 5.30. The lowest BCUT2D eigenvalue weighted by Crippen LogP contribution is -1.55. The monoisotopic (exact) mass is 250 g/mol. The van der Waals surface area contributed by atoms with E-state index in [2.05, 4.69) is 35.0 Å². The summed E-state index contributed by atoms with van der Waals surface area (Å²) in [5.74, 6) is 0. The molecule has 0 spiro atoms. The van der Waals surface area contributed by atoms with Crippen LogP contribution in [0.2, 0.25) is 0 Å². The summed E-state index contributed by atoms with van der Waals surface area (Å²) in [4.78, 5) is 2.74. The van der Waals surface area contributed by atoms with Gasteiger partial charge in [-0.15, -0.1) is 22.7 Å². The molecule has 15 heavy (non-hydrogen) atoms. The molecule has 0 unspecified atom stereocenters. The Morgan fingerprint density at radius 3 is 1.40 bits per heavy atom. The van der Waals surface area contributed by atoms with E-state index in [0.29, 0.717) is 0 Å². The van der Waals surface area contributed by atoms with Crippen LogP contribution in [0.25, 0.3) is 9.75 Å². The lowest BCUT2D eigenvalue weighted by molar-refractivity contribution is 1.93. The molecule has 0 amide bonds. The zero-order chi connectivity index (χ0) is 10.3. The number of hydrogen-bond acceptors (Lipinski definition) is 3. The molecule has 76 valence electrons. The Bertz CT molecular complexity index is 386. The van der Waals surface area contributed by atoms with Crippen molar-refractivity contribution in [2.24, 2.45) is 0 Å². The van der Waals surface area contributed by atoms with Gasteiger partial charge in [0.25, 0.3) is 0 Å². The van der Waals surface area contributed by atoms with E-state index >= 15 is 0 Å². The average Bonchev–Trinajstić information content (AvgIpc) is 3.06. The lowest BCUT2D eigenvalue weighted by atomic mass is 10.4. The first-order valence-corrected chi connectivity index (χ1v) is 7.21. The summed E-state index contributed by atoms with van der Waals surface area (Å²) in [6.07, 6.45) is 0. The first kappa shape index (κ1) is 10.6. The summed E-state index contributed by atoms with van der Waals surface area (Å²) in [6.45, 7) is 0. The molecule has 0 N–H and O–H groups in total. The van der Waals surface area contributed by atoms with Crippen LogP contribution in [0.15, 0.2) is 57.9 Å². The maximum absolute atomic E-state index is 2.15. The van der Waals surface area contributed by atoms with Gasteiger partial charge in [0.1, 0.15) is 0 Å². The Hall–Kier alpha value is -0.900. The zero-order valence-electron chi connectivity index (χ0n) is 8.00. The predicted molar refractivity (Wildman–Crippen MR) is 72.0 cm³/mol. The predicted octanol–water partition coefficient (Wildman–Crippen LogP) is 5.22. The molecule has 0 saturated heterocycles. The van der Waals surface area contributed by atoms with Gasteiger partial charge in [-0.3, -0.25) is 0 Å². The van der Waals surface area contributed by atoms with Gasteiger partial charge in [-0.25, -0.2) is 0 Å². The van der Waals surface area contributed by atoms with Crippen LogP contribution in [0.3, 0.4) is 0 Å². The van der Waals surface area contributed by atoms with Gasteiger partial charge < -0.3 is 0 Å². The molecule has 0 radical (unpaired) electrons. The minimum atomic E-state index is 1.37. The first-order chi connectivity index (χ1) is 7.47.